The van der Waals surface area contributed by atoms with Crippen LogP contribution in [0.4, 0.5) is 0 Å². The Hall–Kier alpha value is -2.14. The van der Waals surface area contributed by atoms with Crippen LogP contribution < -0.4 is 5.32 Å². The molecule has 0 bridgehead atoms. The molecule has 0 radical (unpaired) electrons. The average molecular weight is 326 g/mol. The van der Waals surface area contributed by atoms with Crippen LogP contribution in [0.25, 0.3) is 0 Å². The summed E-state index contributed by atoms with van der Waals surface area (Å²) in [6.45, 7) is 8.40. The number of carbonyl (C=O) groups excluding carboxylic acids is 1. The van der Waals surface area contributed by atoms with E-state index in [1.54, 1.807) is 0 Å². The van der Waals surface area contributed by atoms with Crippen molar-refractivity contribution in [3.8, 4) is 0 Å². The Balaban J connectivity index is 1.64. The molecule has 0 saturated heterocycles. The molecule has 0 atom stereocenters. The van der Waals surface area contributed by atoms with Crippen LogP contribution >= 0.6 is 0 Å². The fourth-order valence-electron chi connectivity index (χ4n) is 3.21. The van der Waals surface area contributed by atoms with Crippen LogP contribution in [0.5, 0.6) is 0 Å². The second kappa shape index (κ2) is 7.62. The van der Waals surface area contributed by atoms with Gasteiger partial charge in [-0.2, -0.15) is 5.10 Å². The standard InChI is InChI=1S/C19H26N4O/c1-3-15-7-5-6-8-16(15)13-22-9-10-23-18(14-22)11-17(21-23)12-20-19(24)4-2/h5-8,11H,3-4,9-10,12-14H2,1-2H3,(H,20,24). The van der Waals surface area contributed by atoms with Gasteiger partial charge in [-0.1, -0.05) is 38.1 Å². The van der Waals surface area contributed by atoms with Crippen molar-refractivity contribution < 1.29 is 4.79 Å². The van der Waals surface area contributed by atoms with Gasteiger partial charge in [-0.3, -0.25) is 14.4 Å². The normalized spacial score (nSPS) is 14.4. The van der Waals surface area contributed by atoms with Gasteiger partial charge in [0.1, 0.15) is 0 Å². The first-order chi connectivity index (χ1) is 11.7. The molecule has 0 fully saturated rings. The quantitative estimate of drug-likeness (QED) is 0.887. The highest BCUT2D eigenvalue weighted by molar-refractivity contribution is 5.75. The molecule has 1 N–H and O–H groups in total. The predicted octanol–water partition coefficient (Wildman–Crippen LogP) is 2.49. The molecule has 1 aromatic carbocycles. The van der Waals surface area contributed by atoms with Crippen molar-refractivity contribution in [1.29, 1.82) is 0 Å². The third-order valence-corrected chi connectivity index (χ3v) is 4.61. The number of fused-ring (bicyclic) bond motifs is 1. The molecule has 24 heavy (non-hydrogen) atoms. The Bertz CT molecular complexity index is 707. The van der Waals surface area contributed by atoms with Gasteiger partial charge in [-0.25, -0.2) is 0 Å². The van der Waals surface area contributed by atoms with Crippen molar-refractivity contribution in [3.05, 3.63) is 52.8 Å². The lowest BCUT2D eigenvalue weighted by molar-refractivity contribution is -0.120. The fraction of sp³-hybridized carbons (Fsp3) is 0.474. The van der Waals surface area contributed by atoms with Gasteiger partial charge in [-0.05, 0) is 23.6 Å². The summed E-state index contributed by atoms with van der Waals surface area (Å²) in [5.41, 5.74) is 5.03. The minimum atomic E-state index is 0.0683. The monoisotopic (exact) mass is 326 g/mol. The van der Waals surface area contributed by atoms with E-state index in [2.05, 4.69) is 57.3 Å². The number of hydrogen-bond donors (Lipinski definition) is 1. The first-order valence-corrected chi connectivity index (χ1v) is 8.81. The van der Waals surface area contributed by atoms with Crippen LogP contribution in [0.15, 0.2) is 30.3 Å². The van der Waals surface area contributed by atoms with E-state index in [1.165, 1.54) is 16.8 Å². The number of benzene rings is 1. The summed E-state index contributed by atoms with van der Waals surface area (Å²) in [6.07, 6.45) is 1.58. The molecule has 0 aliphatic carbocycles. The van der Waals surface area contributed by atoms with Crippen molar-refractivity contribution in [2.75, 3.05) is 6.54 Å². The van der Waals surface area contributed by atoms with Gasteiger partial charge >= 0.3 is 0 Å². The minimum absolute atomic E-state index is 0.0683. The zero-order valence-corrected chi connectivity index (χ0v) is 14.6. The van der Waals surface area contributed by atoms with Crippen molar-refractivity contribution in [1.82, 2.24) is 20.0 Å². The summed E-state index contributed by atoms with van der Waals surface area (Å²) < 4.78 is 2.08. The fourth-order valence-corrected chi connectivity index (χ4v) is 3.21. The highest BCUT2D eigenvalue weighted by atomic mass is 16.1. The summed E-state index contributed by atoms with van der Waals surface area (Å²) in [6, 6.07) is 10.8. The number of aromatic nitrogens is 2. The SMILES string of the molecule is CCC(=O)NCc1cc2n(n1)CCN(Cc1ccccc1CC)C2. The Kier molecular flexibility index (Phi) is 5.30. The third-order valence-electron chi connectivity index (χ3n) is 4.61. The van der Waals surface area contributed by atoms with Crippen LogP contribution in [-0.2, 0) is 37.4 Å². The third kappa shape index (κ3) is 3.85. The van der Waals surface area contributed by atoms with E-state index in [1.807, 2.05) is 6.92 Å². The number of carbonyl (C=O) groups is 1. The van der Waals surface area contributed by atoms with Crippen LogP contribution in [0.3, 0.4) is 0 Å². The van der Waals surface area contributed by atoms with Crippen molar-refractivity contribution in [2.45, 2.75) is 52.9 Å². The van der Waals surface area contributed by atoms with E-state index < -0.39 is 0 Å². The summed E-state index contributed by atoms with van der Waals surface area (Å²) in [5, 5.41) is 7.50. The highest BCUT2D eigenvalue weighted by Crippen LogP contribution is 2.18. The number of nitrogens with zero attached hydrogens (tertiary/aromatic N) is 3. The molecule has 128 valence electrons. The first kappa shape index (κ1) is 16.7. The molecular weight excluding hydrogens is 300 g/mol. The molecule has 0 saturated carbocycles. The zero-order chi connectivity index (χ0) is 16.9. The molecular formula is C19H26N4O. The van der Waals surface area contributed by atoms with Crippen LogP contribution in [0.2, 0.25) is 0 Å². The average Bonchev–Trinajstić information content (AvgIpc) is 3.02. The van der Waals surface area contributed by atoms with E-state index in [0.29, 0.717) is 13.0 Å². The van der Waals surface area contributed by atoms with Gasteiger partial charge in [0.15, 0.2) is 0 Å². The van der Waals surface area contributed by atoms with Crippen LogP contribution in [-0.4, -0.2) is 27.1 Å². The smallest absolute Gasteiger partial charge is 0.220 e. The molecule has 0 unspecified atom stereocenters. The van der Waals surface area contributed by atoms with E-state index >= 15 is 0 Å². The predicted molar refractivity (Wildman–Crippen MR) is 94.3 cm³/mol. The lowest BCUT2D eigenvalue weighted by Crippen LogP contribution is -2.33. The lowest BCUT2D eigenvalue weighted by Gasteiger charge is -2.28. The van der Waals surface area contributed by atoms with Gasteiger partial charge in [0.25, 0.3) is 0 Å². The number of hydrogen-bond acceptors (Lipinski definition) is 3. The van der Waals surface area contributed by atoms with Crippen molar-refractivity contribution >= 4 is 5.91 Å². The summed E-state index contributed by atoms with van der Waals surface area (Å²) >= 11 is 0. The lowest BCUT2D eigenvalue weighted by atomic mass is 10.0. The van der Waals surface area contributed by atoms with E-state index in [4.69, 9.17) is 0 Å². The summed E-state index contributed by atoms with van der Waals surface area (Å²) in [7, 11) is 0. The number of amides is 1. The number of aryl methyl sites for hydroxylation is 1. The second-order valence-electron chi connectivity index (χ2n) is 6.31. The molecule has 1 amide bonds. The second-order valence-corrected chi connectivity index (χ2v) is 6.31. The topological polar surface area (TPSA) is 50.2 Å². The zero-order valence-electron chi connectivity index (χ0n) is 14.6. The van der Waals surface area contributed by atoms with Gasteiger partial charge in [0, 0.05) is 26.1 Å². The maximum absolute atomic E-state index is 11.4. The summed E-state index contributed by atoms with van der Waals surface area (Å²) in [4.78, 5) is 13.9. The number of nitrogens with one attached hydrogen (secondary N) is 1. The molecule has 1 aliphatic heterocycles. The van der Waals surface area contributed by atoms with E-state index in [-0.39, 0.29) is 5.91 Å². The van der Waals surface area contributed by atoms with Crippen LogP contribution in [0, 0.1) is 0 Å². The van der Waals surface area contributed by atoms with Gasteiger partial charge in [-0.15, -0.1) is 0 Å². The van der Waals surface area contributed by atoms with Gasteiger partial charge < -0.3 is 5.32 Å². The Morgan fingerprint density at radius 3 is 2.75 bits per heavy atom. The van der Waals surface area contributed by atoms with E-state index in [0.717, 1.165) is 38.3 Å². The molecule has 5 heteroatoms. The molecule has 1 aliphatic rings. The molecule has 1 aromatic heterocycles. The van der Waals surface area contributed by atoms with E-state index in [9.17, 15) is 4.79 Å². The maximum Gasteiger partial charge on any atom is 0.220 e. The number of rotatable bonds is 6. The molecule has 2 heterocycles. The minimum Gasteiger partial charge on any atom is -0.350 e. The Labute approximate surface area is 143 Å². The molecule has 2 aromatic rings. The maximum atomic E-state index is 11.4. The van der Waals surface area contributed by atoms with Crippen LogP contribution in [0.1, 0.15) is 42.8 Å². The van der Waals surface area contributed by atoms with Crippen molar-refractivity contribution in [2.24, 2.45) is 0 Å². The van der Waals surface area contributed by atoms with Gasteiger partial charge in [0.05, 0.1) is 24.5 Å². The Morgan fingerprint density at radius 1 is 1.21 bits per heavy atom. The molecule has 0 spiro atoms. The molecule has 5 nitrogen and oxygen atoms in total. The summed E-state index contributed by atoms with van der Waals surface area (Å²) in [5.74, 6) is 0.0683. The van der Waals surface area contributed by atoms with Gasteiger partial charge in [0.2, 0.25) is 5.91 Å². The Morgan fingerprint density at radius 2 is 2.00 bits per heavy atom. The van der Waals surface area contributed by atoms with Crippen molar-refractivity contribution in [3.63, 3.8) is 0 Å². The highest BCUT2D eigenvalue weighted by Gasteiger charge is 2.19. The largest absolute Gasteiger partial charge is 0.350 e. The molecule has 3 rings (SSSR count). The first-order valence-electron chi connectivity index (χ1n) is 8.81.